The Hall–Kier alpha value is -3.57. The number of benzene rings is 3. The number of hydrogen-bond donors (Lipinski definition) is 1. The first-order chi connectivity index (χ1) is 14.2. The smallest absolute Gasteiger partial charge is 0.307 e. The number of fused-ring (bicyclic) bond motifs is 1. The van der Waals surface area contributed by atoms with Gasteiger partial charge in [-0.1, -0.05) is 54.1 Å². The van der Waals surface area contributed by atoms with Crippen molar-refractivity contribution in [3.63, 3.8) is 0 Å². The molecule has 6 heteroatoms. The number of carbonyl (C=O) groups is 1. The summed E-state index contributed by atoms with van der Waals surface area (Å²) in [7, 11) is 0. The SMILES string of the molecule is O=C(N/N=C\c1ccccc1OCc1ccccc1)c1cc2cc(Cl)ccc2o1. The quantitative estimate of drug-likeness (QED) is 0.344. The summed E-state index contributed by atoms with van der Waals surface area (Å²) in [6.07, 6.45) is 1.54. The van der Waals surface area contributed by atoms with Crippen LogP contribution in [0.1, 0.15) is 21.7 Å². The van der Waals surface area contributed by atoms with Gasteiger partial charge in [0, 0.05) is 16.0 Å². The molecule has 0 bridgehead atoms. The topological polar surface area (TPSA) is 63.8 Å². The molecule has 5 nitrogen and oxygen atoms in total. The Labute approximate surface area is 172 Å². The molecular formula is C23H17ClN2O3. The lowest BCUT2D eigenvalue weighted by Gasteiger charge is -2.08. The summed E-state index contributed by atoms with van der Waals surface area (Å²) in [5.74, 6) is 0.386. The Bertz CT molecular complexity index is 1170. The summed E-state index contributed by atoms with van der Waals surface area (Å²) in [4.78, 5) is 12.3. The average Bonchev–Trinajstić information content (AvgIpc) is 3.17. The molecule has 4 aromatic rings. The number of amides is 1. The van der Waals surface area contributed by atoms with Crippen LogP contribution < -0.4 is 10.2 Å². The number of hydrogen-bond acceptors (Lipinski definition) is 4. The lowest BCUT2D eigenvalue weighted by molar-refractivity contribution is 0.0929. The van der Waals surface area contributed by atoms with Gasteiger partial charge in [0.05, 0.1) is 6.21 Å². The third-order valence-electron chi connectivity index (χ3n) is 4.23. The second kappa shape index (κ2) is 8.63. The van der Waals surface area contributed by atoms with Gasteiger partial charge in [-0.15, -0.1) is 0 Å². The van der Waals surface area contributed by atoms with Gasteiger partial charge in [-0.05, 0) is 42.0 Å². The molecule has 0 atom stereocenters. The number of ether oxygens (including phenoxy) is 1. The van der Waals surface area contributed by atoms with Crippen LogP contribution in [0, 0.1) is 0 Å². The van der Waals surface area contributed by atoms with E-state index >= 15 is 0 Å². The first-order valence-electron chi connectivity index (χ1n) is 8.97. The van der Waals surface area contributed by atoms with Crippen LogP contribution in [0.4, 0.5) is 0 Å². The highest BCUT2D eigenvalue weighted by molar-refractivity contribution is 6.31. The van der Waals surface area contributed by atoms with Crippen LogP contribution in [0.2, 0.25) is 5.02 Å². The minimum Gasteiger partial charge on any atom is -0.488 e. The van der Waals surface area contributed by atoms with Crippen LogP contribution in [0.3, 0.4) is 0 Å². The largest absolute Gasteiger partial charge is 0.488 e. The molecule has 1 heterocycles. The van der Waals surface area contributed by atoms with Gasteiger partial charge >= 0.3 is 5.91 Å². The maximum atomic E-state index is 12.3. The van der Waals surface area contributed by atoms with Gasteiger partial charge in [-0.3, -0.25) is 4.79 Å². The molecule has 1 amide bonds. The van der Waals surface area contributed by atoms with Gasteiger partial charge in [0.25, 0.3) is 0 Å². The van der Waals surface area contributed by atoms with Crippen molar-refractivity contribution >= 4 is 34.7 Å². The standard InChI is InChI=1S/C23H17ClN2O3/c24-19-10-11-21-18(12-19)13-22(29-21)23(27)26-25-14-17-8-4-5-9-20(17)28-15-16-6-2-1-3-7-16/h1-14H,15H2,(H,26,27)/b25-14-. The maximum absolute atomic E-state index is 12.3. The first-order valence-corrected chi connectivity index (χ1v) is 9.35. The molecule has 1 N–H and O–H groups in total. The summed E-state index contributed by atoms with van der Waals surface area (Å²) < 4.78 is 11.4. The Balaban J connectivity index is 1.42. The van der Waals surface area contributed by atoms with E-state index in [9.17, 15) is 4.79 Å². The van der Waals surface area contributed by atoms with Crippen LogP contribution in [-0.2, 0) is 6.61 Å². The molecule has 0 radical (unpaired) electrons. The van der Waals surface area contributed by atoms with Crippen LogP contribution in [0.25, 0.3) is 11.0 Å². The molecule has 0 saturated heterocycles. The molecule has 144 valence electrons. The first kappa shape index (κ1) is 18.8. The number of rotatable bonds is 6. The van der Waals surface area contributed by atoms with E-state index in [0.717, 1.165) is 16.5 Å². The highest BCUT2D eigenvalue weighted by Gasteiger charge is 2.12. The molecule has 0 aliphatic heterocycles. The van der Waals surface area contributed by atoms with E-state index in [4.69, 9.17) is 20.8 Å². The monoisotopic (exact) mass is 404 g/mol. The minimum atomic E-state index is -0.448. The molecule has 3 aromatic carbocycles. The molecule has 4 rings (SSSR count). The van der Waals surface area contributed by atoms with Crippen LogP contribution >= 0.6 is 11.6 Å². The van der Waals surface area contributed by atoms with Gasteiger partial charge in [0.1, 0.15) is 17.9 Å². The van der Waals surface area contributed by atoms with Crippen molar-refractivity contribution in [2.24, 2.45) is 5.10 Å². The number of furan rings is 1. The summed E-state index contributed by atoms with van der Waals surface area (Å²) in [5.41, 5.74) is 4.88. The van der Waals surface area contributed by atoms with Crippen molar-refractivity contribution in [3.05, 3.63) is 101 Å². The molecule has 0 unspecified atom stereocenters. The summed E-state index contributed by atoms with van der Waals surface area (Å²) in [6.45, 7) is 0.444. The predicted octanol–water partition coefficient (Wildman–Crippen LogP) is 5.43. The Morgan fingerprint density at radius 3 is 2.69 bits per heavy atom. The van der Waals surface area contributed by atoms with Crippen molar-refractivity contribution in [1.29, 1.82) is 0 Å². The zero-order chi connectivity index (χ0) is 20.1. The highest BCUT2D eigenvalue weighted by atomic mass is 35.5. The van der Waals surface area contributed by atoms with Gasteiger partial charge in [0.15, 0.2) is 5.76 Å². The van der Waals surface area contributed by atoms with E-state index in [1.807, 2.05) is 54.6 Å². The van der Waals surface area contributed by atoms with Crippen LogP contribution in [0.15, 0.2) is 88.4 Å². The van der Waals surface area contributed by atoms with Crippen molar-refractivity contribution in [2.75, 3.05) is 0 Å². The fourth-order valence-corrected chi connectivity index (χ4v) is 2.98. The van der Waals surface area contributed by atoms with E-state index in [-0.39, 0.29) is 5.76 Å². The summed E-state index contributed by atoms with van der Waals surface area (Å²) in [6, 6.07) is 24.2. The molecule has 1 aromatic heterocycles. The van der Waals surface area contributed by atoms with Crippen molar-refractivity contribution < 1.29 is 13.9 Å². The average molecular weight is 405 g/mol. The molecule has 0 fully saturated rings. The zero-order valence-corrected chi connectivity index (χ0v) is 16.1. The number of halogens is 1. The zero-order valence-electron chi connectivity index (χ0n) is 15.3. The number of para-hydroxylation sites is 1. The van der Waals surface area contributed by atoms with E-state index in [2.05, 4.69) is 10.5 Å². The van der Waals surface area contributed by atoms with Gasteiger partial charge < -0.3 is 9.15 Å². The van der Waals surface area contributed by atoms with Crippen molar-refractivity contribution in [2.45, 2.75) is 6.61 Å². The molecule has 0 saturated carbocycles. The third-order valence-corrected chi connectivity index (χ3v) is 4.46. The fourth-order valence-electron chi connectivity index (χ4n) is 2.80. The van der Waals surface area contributed by atoms with Crippen molar-refractivity contribution in [3.8, 4) is 5.75 Å². The lowest BCUT2D eigenvalue weighted by atomic mass is 10.2. The summed E-state index contributed by atoms with van der Waals surface area (Å²) >= 11 is 5.96. The lowest BCUT2D eigenvalue weighted by Crippen LogP contribution is -2.16. The van der Waals surface area contributed by atoms with Crippen LogP contribution in [0.5, 0.6) is 5.75 Å². The van der Waals surface area contributed by atoms with Gasteiger partial charge in [-0.25, -0.2) is 5.43 Å². The minimum absolute atomic E-state index is 0.160. The second-order valence-corrected chi connectivity index (χ2v) is 6.74. The number of hydrazone groups is 1. The third kappa shape index (κ3) is 4.65. The number of carbonyl (C=O) groups excluding carboxylic acids is 1. The molecule has 0 aliphatic carbocycles. The van der Waals surface area contributed by atoms with E-state index < -0.39 is 5.91 Å². The van der Waals surface area contributed by atoms with Gasteiger partial charge in [0.2, 0.25) is 0 Å². The summed E-state index contributed by atoms with van der Waals surface area (Å²) in [5, 5.41) is 5.37. The van der Waals surface area contributed by atoms with Crippen molar-refractivity contribution in [1.82, 2.24) is 5.43 Å². The van der Waals surface area contributed by atoms with E-state index in [0.29, 0.717) is 23.0 Å². The molecule has 29 heavy (non-hydrogen) atoms. The van der Waals surface area contributed by atoms with E-state index in [1.165, 1.54) is 6.21 Å². The van der Waals surface area contributed by atoms with Gasteiger partial charge in [-0.2, -0.15) is 5.10 Å². The van der Waals surface area contributed by atoms with Crippen LogP contribution in [-0.4, -0.2) is 12.1 Å². The Morgan fingerprint density at radius 1 is 1.03 bits per heavy atom. The maximum Gasteiger partial charge on any atom is 0.307 e. The van der Waals surface area contributed by atoms with E-state index in [1.54, 1.807) is 24.3 Å². The molecular weight excluding hydrogens is 388 g/mol. The number of nitrogens with one attached hydrogen (secondary N) is 1. The molecule has 0 aliphatic rings. The number of nitrogens with zero attached hydrogens (tertiary/aromatic N) is 1. The Kier molecular flexibility index (Phi) is 5.59. The highest BCUT2D eigenvalue weighted by Crippen LogP contribution is 2.23. The molecule has 0 spiro atoms. The second-order valence-electron chi connectivity index (χ2n) is 6.30. The predicted molar refractivity (Wildman–Crippen MR) is 114 cm³/mol. The fraction of sp³-hybridized carbons (Fsp3) is 0.0435. The Morgan fingerprint density at radius 2 is 1.83 bits per heavy atom. The normalized spacial score (nSPS) is 11.1.